The standard InChI is InChI=1S/C15H15FIN5O2S/c16-10-7(6-25-11(10)14(24)22-17)3-1-2-4-8-5-9-12(19-8)20-15(18)21-13(9)23/h5-6H,1-4H2,(H,22,24)(H4,18,19,20,21,23). The van der Waals surface area contributed by atoms with Crippen LogP contribution in [0.5, 0.6) is 0 Å². The number of halogens is 2. The lowest BCUT2D eigenvalue weighted by atomic mass is 10.1. The lowest BCUT2D eigenvalue weighted by molar-refractivity contribution is 0.0990. The number of carbonyl (C=O) groups is 1. The Morgan fingerprint density at radius 2 is 2.12 bits per heavy atom. The van der Waals surface area contributed by atoms with Crippen LogP contribution in [0, 0.1) is 5.82 Å². The number of anilines is 1. The maximum Gasteiger partial charge on any atom is 0.272 e. The molecular formula is C15H15FIN5O2S. The normalized spacial score (nSPS) is 11.1. The van der Waals surface area contributed by atoms with Crippen molar-refractivity contribution in [2.24, 2.45) is 0 Å². The highest BCUT2D eigenvalue weighted by atomic mass is 127. The van der Waals surface area contributed by atoms with E-state index in [0.717, 1.165) is 29.9 Å². The molecule has 7 nitrogen and oxygen atoms in total. The second kappa shape index (κ2) is 7.52. The fraction of sp³-hybridized carbons (Fsp3) is 0.267. The molecule has 0 saturated heterocycles. The van der Waals surface area contributed by atoms with Gasteiger partial charge in [0.1, 0.15) is 16.3 Å². The summed E-state index contributed by atoms with van der Waals surface area (Å²) in [5.41, 5.74) is 7.15. The van der Waals surface area contributed by atoms with Crippen molar-refractivity contribution >= 4 is 57.1 Å². The van der Waals surface area contributed by atoms with E-state index in [9.17, 15) is 14.0 Å². The third-order valence-corrected chi connectivity index (χ3v) is 5.30. The van der Waals surface area contributed by atoms with E-state index < -0.39 is 11.7 Å². The van der Waals surface area contributed by atoms with Crippen molar-refractivity contribution in [3.8, 4) is 0 Å². The zero-order valence-electron chi connectivity index (χ0n) is 13.0. The molecule has 0 spiro atoms. The second-order valence-corrected chi connectivity index (χ2v) is 6.96. The molecule has 0 radical (unpaired) electrons. The maximum absolute atomic E-state index is 14.1. The molecule has 0 fully saturated rings. The fourth-order valence-corrected chi connectivity index (χ4v) is 3.93. The van der Waals surface area contributed by atoms with Crippen molar-refractivity contribution in [3.63, 3.8) is 0 Å². The molecule has 0 aromatic carbocycles. The Kier molecular flexibility index (Phi) is 5.37. The fourth-order valence-electron chi connectivity index (χ4n) is 2.60. The summed E-state index contributed by atoms with van der Waals surface area (Å²) in [6.07, 6.45) is 2.84. The number of H-pyrrole nitrogens is 2. The van der Waals surface area contributed by atoms with Crippen LogP contribution in [0.25, 0.3) is 11.0 Å². The average Bonchev–Trinajstić information content (AvgIpc) is 3.15. The number of thiophene rings is 1. The van der Waals surface area contributed by atoms with Gasteiger partial charge in [-0.15, -0.1) is 11.3 Å². The van der Waals surface area contributed by atoms with E-state index in [4.69, 9.17) is 5.73 Å². The van der Waals surface area contributed by atoms with Crippen LogP contribution in [0.4, 0.5) is 10.3 Å². The van der Waals surface area contributed by atoms with Crippen molar-refractivity contribution in [2.45, 2.75) is 25.7 Å². The minimum absolute atomic E-state index is 0.0742. The molecule has 132 valence electrons. The van der Waals surface area contributed by atoms with E-state index in [1.807, 2.05) is 0 Å². The van der Waals surface area contributed by atoms with Gasteiger partial charge in [0.2, 0.25) is 5.95 Å². The van der Waals surface area contributed by atoms with Gasteiger partial charge in [-0.25, -0.2) is 4.39 Å². The van der Waals surface area contributed by atoms with Gasteiger partial charge in [0, 0.05) is 5.69 Å². The van der Waals surface area contributed by atoms with Gasteiger partial charge < -0.3 is 10.7 Å². The van der Waals surface area contributed by atoms with E-state index in [0.29, 0.717) is 29.4 Å². The Balaban J connectivity index is 1.59. The van der Waals surface area contributed by atoms with Gasteiger partial charge in [0.25, 0.3) is 11.5 Å². The summed E-state index contributed by atoms with van der Waals surface area (Å²) >= 11 is 2.81. The van der Waals surface area contributed by atoms with Gasteiger partial charge in [0.15, 0.2) is 0 Å². The second-order valence-electron chi connectivity index (χ2n) is 5.54. The number of amides is 1. The largest absolute Gasteiger partial charge is 0.369 e. The first-order valence-corrected chi connectivity index (χ1v) is 9.49. The first-order valence-electron chi connectivity index (χ1n) is 7.54. The zero-order valence-corrected chi connectivity index (χ0v) is 16.0. The van der Waals surface area contributed by atoms with Crippen LogP contribution >= 0.6 is 34.2 Å². The number of aromatic amines is 2. The van der Waals surface area contributed by atoms with E-state index in [1.165, 1.54) is 0 Å². The van der Waals surface area contributed by atoms with Crippen LogP contribution in [0.2, 0.25) is 0 Å². The summed E-state index contributed by atoms with van der Waals surface area (Å²) in [4.78, 5) is 33.0. The van der Waals surface area contributed by atoms with E-state index >= 15 is 0 Å². The van der Waals surface area contributed by atoms with Gasteiger partial charge in [0.05, 0.1) is 28.3 Å². The maximum atomic E-state index is 14.1. The van der Waals surface area contributed by atoms with Crippen LogP contribution in [0.1, 0.15) is 33.8 Å². The summed E-state index contributed by atoms with van der Waals surface area (Å²) in [7, 11) is 0. The number of nitrogens with zero attached hydrogens (tertiary/aromatic N) is 1. The summed E-state index contributed by atoms with van der Waals surface area (Å²) in [6.45, 7) is 0. The number of fused-ring (bicyclic) bond motifs is 1. The number of hydrogen-bond donors (Lipinski definition) is 4. The Labute approximate surface area is 159 Å². The number of nitrogen functional groups attached to an aromatic ring is 1. The lowest BCUT2D eigenvalue weighted by Crippen LogP contribution is -2.11. The molecule has 1 amide bonds. The molecule has 0 aliphatic heterocycles. The molecule has 3 aromatic rings. The van der Waals surface area contributed by atoms with E-state index in [-0.39, 0.29) is 16.4 Å². The van der Waals surface area contributed by atoms with Crippen molar-refractivity contribution in [1.29, 1.82) is 0 Å². The number of hydrogen-bond acceptors (Lipinski definition) is 5. The molecule has 3 rings (SSSR count). The van der Waals surface area contributed by atoms with Crippen LogP contribution in [0.3, 0.4) is 0 Å². The highest BCUT2D eigenvalue weighted by molar-refractivity contribution is 14.1. The molecule has 10 heteroatoms. The van der Waals surface area contributed by atoms with Gasteiger partial charge >= 0.3 is 0 Å². The average molecular weight is 475 g/mol. The zero-order chi connectivity index (χ0) is 18.0. The highest BCUT2D eigenvalue weighted by Crippen LogP contribution is 2.23. The minimum Gasteiger partial charge on any atom is -0.369 e. The van der Waals surface area contributed by atoms with Crippen molar-refractivity contribution in [2.75, 3.05) is 5.73 Å². The lowest BCUT2D eigenvalue weighted by Gasteiger charge is -2.00. The third kappa shape index (κ3) is 3.84. The molecule has 3 heterocycles. The number of unbranched alkanes of at least 4 members (excludes halogenated alkanes) is 1. The summed E-state index contributed by atoms with van der Waals surface area (Å²) in [5, 5.41) is 2.16. The molecule has 3 aromatic heterocycles. The van der Waals surface area contributed by atoms with Gasteiger partial charge in [-0.2, -0.15) is 4.98 Å². The summed E-state index contributed by atoms with van der Waals surface area (Å²) < 4.78 is 16.5. The van der Waals surface area contributed by atoms with Crippen LogP contribution in [0.15, 0.2) is 16.2 Å². The molecule has 5 N–H and O–H groups in total. The van der Waals surface area contributed by atoms with E-state index in [1.54, 1.807) is 34.3 Å². The van der Waals surface area contributed by atoms with Crippen molar-refractivity contribution < 1.29 is 9.18 Å². The predicted octanol–water partition coefficient (Wildman–Crippen LogP) is 2.68. The first-order chi connectivity index (χ1) is 12.0. The molecule has 0 aliphatic rings. The Morgan fingerprint density at radius 1 is 1.36 bits per heavy atom. The molecule has 25 heavy (non-hydrogen) atoms. The number of carbonyl (C=O) groups excluding carboxylic acids is 1. The third-order valence-electron chi connectivity index (χ3n) is 3.81. The van der Waals surface area contributed by atoms with Crippen LogP contribution in [-0.4, -0.2) is 20.9 Å². The molecule has 0 atom stereocenters. The van der Waals surface area contributed by atoms with Gasteiger partial charge in [-0.1, -0.05) is 0 Å². The summed E-state index contributed by atoms with van der Waals surface area (Å²) in [6, 6.07) is 1.76. The molecule has 0 unspecified atom stereocenters. The number of rotatable bonds is 6. The predicted molar refractivity (Wildman–Crippen MR) is 104 cm³/mol. The topological polar surface area (TPSA) is 117 Å². The van der Waals surface area contributed by atoms with Crippen molar-refractivity contribution in [1.82, 2.24) is 18.5 Å². The first kappa shape index (κ1) is 17.9. The number of nitrogens with one attached hydrogen (secondary N) is 3. The van der Waals surface area contributed by atoms with Crippen molar-refractivity contribution in [3.05, 3.63) is 43.8 Å². The molecular weight excluding hydrogens is 460 g/mol. The SMILES string of the molecule is Nc1nc2[nH]c(CCCCc3csc(C(=O)NI)c3F)cc2c(=O)[nH]1. The Bertz CT molecular complexity index is 980. The minimum atomic E-state index is -0.434. The Hall–Kier alpha value is -1.95. The summed E-state index contributed by atoms with van der Waals surface area (Å²) in [5.74, 6) is -0.773. The quantitative estimate of drug-likeness (QED) is 0.249. The monoisotopic (exact) mass is 475 g/mol. The number of aryl methyl sites for hydroxylation is 2. The molecule has 0 saturated carbocycles. The molecule has 0 aliphatic carbocycles. The van der Waals surface area contributed by atoms with Gasteiger partial charge in [-0.05, 0) is 42.7 Å². The highest BCUT2D eigenvalue weighted by Gasteiger charge is 2.17. The molecule has 0 bridgehead atoms. The van der Waals surface area contributed by atoms with E-state index in [2.05, 4.69) is 18.5 Å². The Morgan fingerprint density at radius 3 is 2.88 bits per heavy atom. The smallest absolute Gasteiger partial charge is 0.272 e. The van der Waals surface area contributed by atoms with Crippen LogP contribution < -0.4 is 14.8 Å². The van der Waals surface area contributed by atoms with Gasteiger partial charge in [-0.3, -0.25) is 18.1 Å². The number of aromatic nitrogens is 3. The number of nitrogens with two attached hydrogens (primary N) is 1. The van der Waals surface area contributed by atoms with Crippen LogP contribution in [-0.2, 0) is 12.8 Å².